The van der Waals surface area contributed by atoms with Crippen molar-refractivity contribution in [3.63, 3.8) is 0 Å². The summed E-state index contributed by atoms with van der Waals surface area (Å²) in [7, 11) is -3.37. The molecule has 1 heterocycles. The van der Waals surface area contributed by atoms with E-state index in [-0.39, 0.29) is 11.5 Å². The highest BCUT2D eigenvalue weighted by Gasteiger charge is 2.29. The summed E-state index contributed by atoms with van der Waals surface area (Å²) in [6.07, 6.45) is 0. The minimum Gasteiger partial charge on any atom is -0.377 e. The van der Waals surface area contributed by atoms with Crippen LogP contribution in [-0.4, -0.2) is 33.6 Å². The largest absolute Gasteiger partial charge is 0.377 e. The maximum absolute atomic E-state index is 12.1. The molecule has 1 fully saturated rings. The zero-order chi connectivity index (χ0) is 11.6. The van der Waals surface area contributed by atoms with Gasteiger partial charge >= 0.3 is 0 Å². The Morgan fingerprint density at radius 2 is 2.00 bits per heavy atom. The molecule has 1 saturated heterocycles. The van der Waals surface area contributed by atoms with Gasteiger partial charge in [-0.1, -0.05) is 11.6 Å². The van der Waals surface area contributed by atoms with Gasteiger partial charge in [-0.3, -0.25) is 5.32 Å². The van der Waals surface area contributed by atoms with E-state index in [0.29, 0.717) is 18.2 Å². The maximum Gasteiger partial charge on any atom is 0.196 e. The van der Waals surface area contributed by atoms with Crippen molar-refractivity contribution in [3.8, 4) is 0 Å². The number of hydrogen-bond acceptors (Lipinski definition) is 4. The second-order valence-corrected chi connectivity index (χ2v) is 6.08. The smallest absolute Gasteiger partial charge is 0.196 e. The van der Waals surface area contributed by atoms with Crippen LogP contribution in [0.15, 0.2) is 29.2 Å². The molecule has 0 aliphatic carbocycles. The van der Waals surface area contributed by atoms with Gasteiger partial charge in [0.2, 0.25) is 0 Å². The van der Waals surface area contributed by atoms with E-state index in [1.807, 2.05) is 0 Å². The van der Waals surface area contributed by atoms with Crippen molar-refractivity contribution >= 4 is 21.4 Å². The number of sulfone groups is 1. The lowest BCUT2D eigenvalue weighted by molar-refractivity contribution is 0.0978. The van der Waals surface area contributed by atoms with E-state index in [2.05, 4.69) is 5.32 Å². The summed E-state index contributed by atoms with van der Waals surface area (Å²) in [4.78, 5) is 0.264. The molecule has 0 saturated carbocycles. The molecule has 16 heavy (non-hydrogen) atoms. The molecule has 0 aromatic heterocycles. The fourth-order valence-electron chi connectivity index (χ4n) is 1.53. The summed E-state index contributed by atoms with van der Waals surface area (Å²) >= 11 is 5.71. The van der Waals surface area contributed by atoms with Crippen LogP contribution in [-0.2, 0) is 14.6 Å². The Morgan fingerprint density at radius 3 is 2.56 bits per heavy atom. The van der Waals surface area contributed by atoms with Crippen LogP contribution in [0.4, 0.5) is 0 Å². The van der Waals surface area contributed by atoms with Gasteiger partial charge in [-0.05, 0) is 24.3 Å². The maximum atomic E-state index is 12.1. The monoisotopic (exact) mass is 261 g/mol. The average molecular weight is 262 g/mol. The van der Waals surface area contributed by atoms with Crippen LogP contribution in [0.25, 0.3) is 0 Å². The van der Waals surface area contributed by atoms with E-state index < -0.39 is 15.2 Å². The third kappa shape index (κ3) is 2.38. The summed E-state index contributed by atoms with van der Waals surface area (Å²) in [5.41, 5.74) is 0. The van der Waals surface area contributed by atoms with E-state index >= 15 is 0 Å². The molecular formula is C10H12ClNO3S. The molecule has 88 valence electrons. The molecule has 4 nitrogen and oxygen atoms in total. The van der Waals surface area contributed by atoms with Crippen LogP contribution < -0.4 is 5.32 Å². The molecule has 0 radical (unpaired) electrons. The van der Waals surface area contributed by atoms with Crippen LogP contribution in [0.3, 0.4) is 0 Å². The van der Waals surface area contributed by atoms with Gasteiger partial charge in [0.25, 0.3) is 0 Å². The van der Waals surface area contributed by atoms with E-state index in [1.165, 1.54) is 12.1 Å². The van der Waals surface area contributed by atoms with E-state index in [0.717, 1.165) is 0 Å². The normalized spacial score (nSPS) is 21.9. The first-order chi connectivity index (χ1) is 7.60. The Balaban J connectivity index is 2.27. The minimum atomic E-state index is -3.37. The highest BCUT2D eigenvalue weighted by molar-refractivity contribution is 7.92. The lowest BCUT2D eigenvalue weighted by Crippen LogP contribution is -2.46. The summed E-state index contributed by atoms with van der Waals surface area (Å²) < 4.78 is 29.4. The third-order valence-electron chi connectivity index (χ3n) is 2.40. The molecule has 1 aromatic carbocycles. The predicted molar refractivity (Wildman–Crippen MR) is 61.2 cm³/mol. The van der Waals surface area contributed by atoms with Crippen LogP contribution >= 0.6 is 11.6 Å². The quantitative estimate of drug-likeness (QED) is 0.865. The molecular weight excluding hydrogens is 250 g/mol. The SMILES string of the molecule is O=S(=O)(c1ccc(Cl)cc1)C1COCCN1. The number of ether oxygens (including phenoxy) is 1. The summed E-state index contributed by atoms with van der Waals surface area (Å²) in [6, 6.07) is 6.15. The summed E-state index contributed by atoms with van der Waals surface area (Å²) in [6.45, 7) is 1.29. The van der Waals surface area contributed by atoms with Gasteiger partial charge in [0.05, 0.1) is 18.1 Å². The van der Waals surface area contributed by atoms with Gasteiger partial charge in [0, 0.05) is 11.6 Å². The fraction of sp³-hybridized carbons (Fsp3) is 0.400. The van der Waals surface area contributed by atoms with E-state index in [9.17, 15) is 8.42 Å². The molecule has 1 aliphatic heterocycles. The first-order valence-corrected chi connectivity index (χ1v) is 6.84. The van der Waals surface area contributed by atoms with Crippen molar-refractivity contribution in [2.75, 3.05) is 19.8 Å². The lowest BCUT2D eigenvalue weighted by Gasteiger charge is -2.23. The zero-order valence-electron chi connectivity index (χ0n) is 8.52. The molecule has 1 aromatic rings. The average Bonchev–Trinajstić information content (AvgIpc) is 2.31. The standard InChI is InChI=1S/C10H12ClNO3S/c11-8-1-3-9(4-2-8)16(13,14)10-7-15-6-5-12-10/h1-4,10,12H,5-7H2. The van der Waals surface area contributed by atoms with Gasteiger partial charge < -0.3 is 4.74 Å². The van der Waals surface area contributed by atoms with Crippen molar-refractivity contribution in [3.05, 3.63) is 29.3 Å². The van der Waals surface area contributed by atoms with Gasteiger partial charge in [0.15, 0.2) is 9.84 Å². The van der Waals surface area contributed by atoms with Crippen LogP contribution in [0.5, 0.6) is 0 Å². The Morgan fingerprint density at radius 1 is 1.31 bits per heavy atom. The molecule has 0 amide bonds. The number of nitrogens with one attached hydrogen (secondary N) is 1. The van der Waals surface area contributed by atoms with Gasteiger partial charge in [-0.15, -0.1) is 0 Å². The first kappa shape index (κ1) is 11.9. The number of morpholine rings is 1. The van der Waals surface area contributed by atoms with Crippen molar-refractivity contribution in [2.45, 2.75) is 10.3 Å². The Hall–Kier alpha value is -0.620. The number of rotatable bonds is 2. The van der Waals surface area contributed by atoms with Crippen LogP contribution in [0.1, 0.15) is 0 Å². The lowest BCUT2D eigenvalue weighted by atomic mass is 10.4. The Labute approximate surface area is 99.5 Å². The number of hydrogen-bond donors (Lipinski definition) is 1. The number of halogens is 1. The molecule has 0 spiro atoms. The second kappa shape index (κ2) is 4.71. The van der Waals surface area contributed by atoms with Crippen molar-refractivity contribution in [2.24, 2.45) is 0 Å². The highest BCUT2D eigenvalue weighted by atomic mass is 35.5. The number of benzene rings is 1. The molecule has 1 atom stereocenters. The fourth-order valence-corrected chi connectivity index (χ4v) is 3.11. The second-order valence-electron chi connectivity index (χ2n) is 3.52. The first-order valence-electron chi connectivity index (χ1n) is 4.91. The highest BCUT2D eigenvalue weighted by Crippen LogP contribution is 2.18. The molecule has 0 bridgehead atoms. The Bertz CT molecular complexity index is 451. The van der Waals surface area contributed by atoms with Crippen molar-refractivity contribution in [1.82, 2.24) is 5.32 Å². The van der Waals surface area contributed by atoms with E-state index in [4.69, 9.17) is 16.3 Å². The van der Waals surface area contributed by atoms with Gasteiger partial charge in [-0.25, -0.2) is 8.42 Å². The molecule has 2 rings (SSSR count). The van der Waals surface area contributed by atoms with Crippen molar-refractivity contribution in [1.29, 1.82) is 0 Å². The molecule has 1 N–H and O–H groups in total. The predicted octanol–water partition coefficient (Wildman–Crippen LogP) is 1.06. The van der Waals surface area contributed by atoms with Crippen molar-refractivity contribution < 1.29 is 13.2 Å². The summed E-state index contributed by atoms with van der Waals surface area (Å²) in [5.74, 6) is 0. The third-order valence-corrected chi connectivity index (χ3v) is 4.64. The zero-order valence-corrected chi connectivity index (χ0v) is 10.1. The van der Waals surface area contributed by atoms with E-state index in [1.54, 1.807) is 12.1 Å². The van der Waals surface area contributed by atoms with Gasteiger partial charge in [0.1, 0.15) is 5.37 Å². The molecule has 1 unspecified atom stereocenters. The van der Waals surface area contributed by atoms with Gasteiger partial charge in [-0.2, -0.15) is 0 Å². The van der Waals surface area contributed by atoms with Crippen LogP contribution in [0, 0.1) is 0 Å². The topological polar surface area (TPSA) is 55.4 Å². The summed E-state index contributed by atoms with van der Waals surface area (Å²) in [5, 5.41) is 2.78. The molecule has 6 heteroatoms. The minimum absolute atomic E-state index is 0.185. The van der Waals surface area contributed by atoms with Crippen LogP contribution in [0.2, 0.25) is 5.02 Å². The molecule has 1 aliphatic rings. The Kier molecular flexibility index (Phi) is 3.49.